The summed E-state index contributed by atoms with van der Waals surface area (Å²) in [5, 5.41) is 2.88. The normalized spacial score (nSPS) is 20.2. The number of aryl methyl sites for hydroxylation is 1. The highest BCUT2D eigenvalue weighted by Gasteiger charge is 2.37. The summed E-state index contributed by atoms with van der Waals surface area (Å²) in [6.45, 7) is 2.46. The molecule has 132 valence electrons. The Balaban J connectivity index is 1.70. The number of amides is 2. The van der Waals surface area contributed by atoms with E-state index in [0.29, 0.717) is 6.54 Å². The maximum Gasteiger partial charge on any atom is 0.253 e. The van der Waals surface area contributed by atoms with Gasteiger partial charge in [-0.25, -0.2) is 4.98 Å². The first kappa shape index (κ1) is 17.6. The van der Waals surface area contributed by atoms with Crippen molar-refractivity contribution in [2.24, 2.45) is 0 Å². The van der Waals surface area contributed by atoms with Crippen molar-refractivity contribution < 1.29 is 14.3 Å². The van der Waals surface area contributed by atoms with E-state index >= 15 is 0 Å². The van der Waals surface area contributed by atoms with Crippen molar-refractivity contribution in [1.82, 2.24) is 15.2 Å². The Kier molecular flexibility index (Phi) is 5.45. The van der Waals surface area contributed by atoms with E-state index in [4.69, 9.17) is 4.74 Å². The number of thiazole rings is 1. The van der Waals surface area contributed by atoms with Crippen LogP contribution in [-0.4, -0.2) is 48.0 Å². The quantitative estimate of drug-likeness (QED) is 0.882. The van der Waals surface area contributed by atoms with Crippen molar-refractivity contribution in [1.29, 1.82) is 0 Å². The van der Waals surface area contributed by atoms with Gasteiger partial charge in [-0.1, -0.05) is 30.3 Å². The first-order valence-electron chi connectivity index (χ1n) is 8.16. The molecule has 0 bridgehead atoms. The molecule has 25 heavy (non-hydrogen) atoms. The van der Waals surface area contributed by atoms with Crippen LogP contribution in [0.5, 0.6) is 0 Å². The molecule has 1 fully saturated rings. The first-order chi connectivity index (χ1) is 12.1. The molecule has 0 aliphatic carbocycles. The van der Waals surface area contributed by atoms with Crippen molar-refractivity contribution in [3.05, 3.63) is 52.0 Å². The number of nitrogens with one attached hydrogen (secondary N) is 1. The summed E-state index contributed by atoms with van der Waals surface area (Å²) < 4.78 is 5.59. The molecule has 1 aromatic heterocycles. The largest absolute Gasteiger partial charge is 0.356 e. The molecule has 1 aliphatic rings. The van der Waals surface area contributed by atoms with Crippen LogP contribution in [-0.2, 0) is 20.7 Å². The zero-order valence-corrected chi connectivity index (χ0v) is 15.1. The van der Waals surface area contributed by atoms with Crippen molar-refractivity contribution in [2.45, 2.75) is 25.5 Å². The third-order valence-corrected chi connectivity index (χ3v) is 5.31. The number of hydrogen-bond acceptors (Lipinski definition) is 5. The third kappa shape index (κ3) is 4.05. The molecule has 3 rings (SSSR count). The summed E-state index contributed by atoms with van der Waals surface area (Å²) in [4.78, 5) is 31.7. The van der Waals surface area contributed by atoms with Crippen molar-refractivity contribution in [2.75, 3.05) is 20.2 Å². The van der Waals surface area contributed by atoms with Crippen molar-refractivity contribution >= 4 is 23.2 Å². The number of morpholine rings is 1. The molecule has 1 saturated heterocycles. The van der Waals surface area contributed by atoms with Crippen LogP contribution in [0, 0.1) is 6.92 Å². The Hall–Kier alpha value is -2.25. The van der Waals surface area contributed by atoms with Gasteiger partial charge in [0, 0.05) is 24.9 Å². The molecule has 0 saturated carbocycles. The Bertz CT molecular complexity index is 747. The number of aromatic nitrogens is 1. The van der Waals surface area contributed by atoms with E-state index in [2.05, 4.69) is 10.3 Å². The van der Waals surface area contributed by atoms with Gasteiger partial charge in [-0.3, -0.25) is 9.59 Å². The van der Waals surface area contributed by atoms with Gasteiger partial charge in [-0.15, -0.1) is 11.3 Å². The lowest BCUT2D eigenvalue weighted by Gasteiger charge is -2.34. The van der Waals surface area contributed by atoms with E-state index in [0.717, 1.165) is 17.7 Å². The zero-order valence-electron chi connectivity index (χ0n) is 14.3. The minimum atomic E-state index is -0.715. The number of carbonyl (C=O) groups is 2. The molecule has 0 unspecified atom stereocenters. The van der Waals surface area contributed by atoms with Crippen LogP contribution in [0.25, 0.3) is 0 Å². The molecule has 0 spiro atoms. The van der Waals surface area contributed by atoms with Gasteiger partial charge in [0.25, 0.3) is 5.91 Å². The molecule has 1 aliphatic heterocycles. The molecule has 2 aromatic rings. The van der Waals surface area contributed by atoms with Gasteiger partial charge in [0.15, 0.2) is 6.10 Å². The highest BCUT2D eigenvalue weighted by atomic mass is 32.1. The first-order valence-corrected chi connectivity index (χ1v) is 9.04. The standard InChI is InChI=1S/C18H21N3O3S/c1-12-14(25-11-19-12)8-9-21(2)18(23)17-16(20-15(22)10-24-17)13-6-4-3-5-7-13/h3-7,11,16-17H,8-10H2,1-2H3,(H,20,22)/t16-,17+/m1/s1. The molecule has 1 aromatic carbocycles. The number of benzene rings is 1. The maximum atomic E-state index is 12.9. The van der Waals surface area contributed by atoms with E-state index in [1.54, 1.807) is 23.3 Å². The van der Waals surface area contributed by atoms with Gasteiger partial charge in [0.05, 0.1) is 17.2 Å². The predicted octanol–water partition coefficient (Wildman–Crippen LogP) is 1.71. The highest BCUT2D eigenvalue weighted by Crippen LogP contribution is 2.24. The molecule has 1 N–H and O–H groups in total. The molecule has 2 heterocycles. The number of nitrogens with zero attached hydrogens (tertiary/aromatic N) is 2. The molecular weight excluding hydrogens is 338 g/mol. The number of rotatable bonds is 5. The summed E-state index contributed by atoms with van der Waals surface area (Å²) in [6.07, 6.45) is 0.0426. The van der Waals surface area contributed by atoms with E-state index in [9.17, 15) is 9.59 Å². The van der Waals surface area contributed by atoms with Crippen LogP contribution in [0.4, 0.5) is 0 Å². The van der Waals surface area contributed by atoms with Gasteiger partial charge >= 0.3 is 0 Å². The van der Waals surface area contributed by atoms with Crippen molar-refractivity contribution in [3.63, 3.8) is 0 Å². The van der Waals surface area contributed by atoms with Crippen LogP contribution in [0.15, 0.2) is 35.8 Å². The van der Waals surface area contributed by atoms with Crippen LogP contribution in [0.1, 0.15) is 22.2 Å². The van der Waals surface area contributed by atoms with Crippen LogP contribution in [0.2, 0.25) is 0 Å². The Labute approximate surface area is 150 Å². The summed E-state index contributed by atoms with van der Waals surface area (Å²) in [5.41, 5.74) is 3.69. The van der Waals surface area contributed by atoms with Gasteiger partial charge < -0.3 is 15.0 Å². The van der Waals surface area contributed by atoms with Gasteiger partial charge in [-0.2, -0.15) is 0 Å². The average Bonchev–Trinajstić information content (AvgIpc) is 3.04. The van der Waals surface area contributed by atoms with E-state index in [-0.39, 0.29) is 18.4 Å². The van der Waals surface area contributed by atoms with Crippen LogP contribution in [0.3, 0.4) is 0 Å². The second kappa shape index (κ2) is 7.76. The lowest BCUT2D eigenvalue weighted by molar-refractivity contribution is -0.154. The predicted molar refractivity (Wildman–Crippen MR) is 95.3 cm³/mol. The molecule has 6 nitrogen and oxygen atoms in total. The zero-order chi connectivity index (χ0) is 17.8. The van der Waals surface area contributed by atoms with Crippen LogP contribution < -0.4 is 5.32 Å². The van der Waals surface area contributed by atoms with E-state index in [1.165, 1.54) is 4.88 Å². The minimum Gasteiger partial charge on any atom is -0.356 e. The Morgan fingerprint density at radius 2 is 2.16 bits per heavy atom. The Morgan fingerprint density at radius 3 is 2.84 bits per heavy atom. The fourth-order valence-corrected chi connectivity index (χ4v) is 3.62. The number of carbonyl (C=O) groups excluding carboxylic acids is 2. The second-order valence-corrected chi connectivity index (χ2v) is 7.00. The molecule has 2 amide bonds. The van der Waals surface area contributed by atoms with Crippen molar-refractivity contribution in [3.8, 4) is 0 Å². The fraction of sp³-hybridized carbons (Fsp3) is 0.389. The molecular formula is C18H21N3O3S. The maximum absolute atomic E-state index is 12.9. The number of likely N-dealkylation sites (N-methyl/N-ethyl adjacent to an activating group) is 1. The lowest BCUT2D eigenvalue weighted by Crippen LogP contribution is -2.52. The summed E-state index contributed by atoms with van der Waals surface area (Å²) >= 11 is 1.60. The molecule has 2 atom stereocenters. The highest BCUT2D eigenvalue weighted by molar-refractivity contribution is 7.09. The monoisotopic (exact) mass is 359 g/mol. The second-order valence-electron chi connectivity index (χ2n) is 6.06. The summed E-state index contributed by atoms with van der Waals surface area (Å²) in [7, 11) is 1.76. The fourth-order valence-electron chi connectivity index (χ4n) is 2.85. The van der Waals surface area contributed by atoms with Gasteiger partial charge in [0.1, 0.15) is 6.61 Å². The SMILES string of the molecule is Cc1ncsc1CCN(C)C(=O)[C@H]1OCC(=O)N[C@@H]1c1ccccc1. The van der Waals surface area contributed by atoms with Gasteiger partial charge in [-0.05, 0) is 12.5 Å². The smallest absolute Gasteiger partial charge is 0.253 e. The summed E-state index contributed by atoms with van der Waals surface area (Å²) in [6, 6.07) is 8.97. The topological polar surface area (TPSA) is 71.5 Å². The van der Waals surface area contributed by atoms with E-state index in [1.807, 2.05) is 42.8 Å². The summed E-state index contributed by atoms with van der Waals surface area (Å²) in [5.74, 6) is -0.336. The molecule has 0 radical (unpaired) electrons. The third-order valence-electron chi connectivity index (χ3n) is 4.31. The minimum absolute atomic E-state index is 0.0957. The lowest BCUT2D eigenvalue weighted by atomic mass is 9.99. The number of ether oxygens (including phenoxy) is 1. The average molecular weight is 359 g/mol. The van der Waals surface area contributed by atoms with Crippen LogP contribution >= 0.6 is 11.3 Å². The van der Waals surface area contributed by atoms with Gasteiger partial charge in [0.2, 0.25) is 5.91 Å². The molecule has 7 heteroatoms. The van der Waals surface area contributed by atoms with E-state index < -0.39 is 12.1 Å². The number of hydrogen-bond donors (Lipinski definition) is 1. The Morgan fingerprint density at radius 1 is 1.40 bits per heavy atom.